The van der Waals surface area contributed by atoms with E-state index in [1.54, 1.807) is 4.90 Å². The molecule has 0 atom stereocenters. The van der Waals surface area contributed by atoms with E-state index in [-0.39, 0.29) is 6.03 Å². The van der Waals surface area contributed by atoms with Gasteiger partial charge in [-0.05, 0) is 44.5 Å². The molecule has 3 N–H and O–H groups in total. The van der Waals surface area contributed by atoms with Crippen molar-refractivity contribution in [1.29, 1.82) is 0 Å². The van der Waals surface area contributed by atoms with Gasteiger partial charge in [-0.25, -0.2) is 4.79 Å². The van der Waals surface area contributed by atoms with Gasteiger partial charge in [-0.1, -0.05) is 12.1 Å². The van der Waals surface area contributed by atoms with E-state index in [1.165, 1.54) is 0 Å². The lowest BCUT2D eigenvalue weighted by Crippen LogP contribution is -2.36. The Labute approximate surface area is 103 Å². The van der Waals surface area contributed by atoms with E-state index in [2.05, 4.69) is 5.32 Å². The number of carbonyl (C=O) groups excluding carboxylic acids is 1. The predicted octanol–water partition coefficient (Wildman–Crippen LogP) is 2.20. The topological polar surface area (TPSA) is 58.4 Å². The lowest BCUT2D eigenvalue weighted by molar-refractivity contribution is 0.214. The summed E-state index contributed by atoms with van der Waals surface area (Å²) in [7, 11) is 0. The van der Waals surface area contributed by atoms with Crippen LogP contribution >= 0.6 is 0 Å². The number of hydrogen-bond donors (Lipinski definition) is 2. The highest BCUT2D eigenvalue weighted by atomic mass is 16.2. The Kier molecular flexibility index (Phi) is 5.49. The second-order valence-corrected chi connectivity index (χ2v) is 4.02. The van der Waals surface area contributed by atoms with Gasteiger partial charge in [-0.3, -0.25) is 0 Å². The number of nitrogens with zero attached hydrogens (tertiary/aromatic N) is 1. The molecule has 94 valence electrons. The van der Waals surface area contributed by atoms with Gasteiger partial charge in [0.15, 0.2) is 0 Å². The zero-order chi connectivity index (χ0) is 12.7. The molecule has 0 saturated heterocycles. The summed E-state index contributed by atoms with van der Waals surface area (Å²) < 4.78 is 0. The summed E-state index contributed by atoms with van der Waals surface area (Å²) in [6.45, 7) is 5.96. The molecule has 0 aromatic heterocycles. The number of benzene rings is 1. The Morgan fingerprint density at radius 3 is 2.82 bits per heavy atom. The number of rotatable bonds is 5. The summed E-state index contributed by atoms with van der Waals surface area (Å²) in [6.07, 6.45) is 0.828. The molecule has 0 unspecified atom stereocenters. The second kappa shape index (κ2) is 6.91. The number of nitrogens with two attached hydrogens (primary N) is 1. The van der Waals surface area contributed by atoms with Crippen LogP contribution in [0.25, 0.3) is 0 Å². The maximum atomic E-state index is 11.9. The molecule has 1 aromatic carbocycles. The number of aryl methyl sites for hydroxylation is 1. The van der Waals surface area contributed by atoms with Crippen molar-refractivity contribution < 1.29 is 4.79 Å². The van der Waals surface area contributed by atoms with Crippen molar-refractivity contribution in [3.63, 3.8) is 0 Å². The molecule has 17 heavy (non-hydrogen) atoms. The summed E-state index contributed by atoms with van der Waals surface area (Å²) in [5.74, 6) is 0. The average Bonchev–Trinajstić information content (AvgIpc) is 2.30. The van der Waals surface area contributed by atoms with Crippen LogP contribution in [0.1, 0.15) is 18.9 Å². The first-order chi connectivity index (χ1) is 8.17. The Hall–Kier alpha value is -1.55. The zero-order valence-corrected chi connectivity index (χ0v) is 10.6. The van der Waals surface area contributed by atoms with Crippen molar-refractivity contribution >= 4 is 11.7 Å². The van der Waals surface area contributed by atoms with E-state index in [4.69, 9.17) is 5.73 Å². The standard InChI is InChI=1S/C13H21N3O/c1-3-16(9-5-8-14)13(17)15-12-7-4-6-11(2)10-12/h4,6-7,10H,3,5,8-9,14H2,1-2H3,(H,15,17). The van der Waals surface area contributed by atoms with Crippen molar-refractivity contribution in [2.24, 2.45) is 5.73 Å². The Balaban J connectivity index is 2.57. The van der Waals surface area contributed by atoms with Crippen molar-refractivity contribution in [2.75, 3.05) is 25.0 Å². The molecule has 0 bridgehead atoms. The molecule has 0 aliphatic carbocycles. The summed E-state index contributed by atoms with van der Waals surface area (Å²) in [6, 6.07) is 7.71. The highest BCUT2D eigenvalue weighted by molar-refractivity contribution is 5.89. The van der Waals surface area contributed by atoms with Crippen LogP contribution in [0, 0.1) is 6.92 Å². The molecule has 0 aliphatic heterocycles. The number of hydrogen-bond acceptors (Lipinski definition) is 2. The van der Waals surface area contributed by atoms with E-state index >= 15 is 0 Å². The van der Waals surface area contributed by atoms with Crippen LogP contribution in [0.2, 0.25) is 0 Å². The largest absolute Gasteiger partial charge is 0.330 e. The van der Waals surface area contributed by atoms with Crippen LogP contribution in [-0.2, 0) is 0 Å². The second-order valence-electron chi connectivity index (χ2n) is 4.02. The van der Waals surface area contributed by atoms with Gasteiger partial charge in [0.2, 0.25) is 0 Å². The minimum absolute atomic E-state index is 0.0634. The van der Waals surface area contributed by atoms with Gasteiger partial charge in [-0.2, -0.15) is 0 Å². The van der Waals surface area contributed by atoms with E-state index < -0.39 is 0 Å². The van der Waals surface area contributed by atoms with E-state index in [0.717, 1.165) is 17.7 Å². The Morgan fingerprint density at radius 2 is 2.24 bits per heavy atom. The average molecular weight is 235 g/mol. The van der Waals surface area contributed by atoms with E-state index in [9.17, 15) is 4.79 Å². The molecule has 0 fully saturated rings. The first-order valence-corrected chi connectivity index (χ1v) is 6.00. The Morgan fingerprint density at radius 1 is 1.47 bits per heavy atom. The molecule has 4 heteroatoms. The smallest absolute Gasteiger partial charge is 0.321 e. The first kappa shape index (κ1) is 13.5. The first-order valence-electron chi connectivity index (χ1n) is 6.00. The van der Waals surface area contributed by atoms with Gasteiger partial charge in [0.25, 0.3) is 0 Å². The van der Waals surface area contributed by atoms with Gasteiger partial charge >= 0.3 is 6.03 Å². The minimum Gasteiger partial charge on any atom is -0.330 e. The predicted molar refractivity (Wildman–Crippen MR) is 71.1 cm³/mol. The third-order valence-electron chi connectivity index (χ3n) is 2.57. The van der Waals surface area contributed by atoms with E-state index in [1.807, 2.05) is 38.1 Å². The summed E-state index contributed by atoms with van der Waals surface area (Å²) >= 11 is 0. The molecule has 1 aromatic rings. The monoisotopic (exact) mass is 235 g/mol. The maximum Gasteiger partial charge on any atom is 0.321 e. The molecular weight excluding hydrogens is 214 g/mol. The third kappa shape index (κ3) is 4.44. The highest BCUT2D eigenvalue weighted by Gasteiger charge is 2.10. The van der Waals surface area contributed by atoms with Crippen molar-refractivity contribution in [3.8, 4) is 0 Å². The van der Waals surface area contributed by atoms with Crippen LogP contribution in [0.3, 0.4) is 0 Å². The number of nitrogens with one attached hydrogen (secondary N) is 1. The summed E-state index contributed by atoms with van der Waals surface area (Å²) in [5.41, 5.74) is 7.41. The molecule has 4 nitrogen and oxygen atoms in total. The number of amides is 2. The minimum atomic E-state index is -0.0634. The van der Waals surface area contributed by atoms with Gasteiger partial charge in [-0.15, -0.1) is 0 Å². The van der Waals surface area contributed by atoms with Crippen LogP contribution in [-0.4, -0.2) is 30.6 Å². The van der Waals surface area contributed by atoms with Gasteiger partial charge in [0.1, 0.15) is 0 Å². The van der Waals surface area contributed by atoms with Crippen LogP contribution in [0.15, 0.2) is 24.3 Å². The van der Waals surface area contributed by atoms with Crippen molar-refractivity contribution in [3.05, 3.63) is 29.8 Å². The molecule has 0 aliphatic rings. The van der Waals surface area contributed by atoms with Crippen molar-refractivity contribution in [1.82, 2.24) is 4.90 Å². The molecule has 2 amide bonds. The maximum absolute atomic E-state index is 11.9. The van der Waals surface area contributed by atoms with Gasteiger partial charge in [0, 0.05) is 18.8 Å². The van der Waals surface area contributed by atoms with Gasteiger partial charge < -0.3 is 16.0 Å². The quantitative estimate of drug-likeness (QED) is 0.822. The van der Waals surface area contributed by atoms with E-state index in [0.29, 0.717) is 19.6 Å². The number of carbonyl (C=O) groups is 1. The zero-order valence-electron chi connectivity index (χ0n) is 10.6. The fourth-order valence-corrected chi connectivity index (χ4v) is 1.61. The van der Waals surface area contributed by atoms with Crippen LogP contribution < -0.4 is 11.1 Å². The molecular formula is C13H21N3O. The SMILES string of the molecule is CCN(CCCN)C(=O)Nc1cccc(C)c1. The van der Waals surface area contributed by atoms with Crippen LogP contribution in [0.4, 0.5) is 10.5 Å². The third-order valence-corrected chi connectivity index (χ3v) is 2.57. The fraction of sp³-hybridized carbons (Fsp3) is 0.462. The highest BCUT2D eigenvalue weighted by Crippen LogP contribution is 2.10. The normalized spacial score (nSPS) is 10.1. The molecule has 0 heterocycles. The fourth-order valence-electron chi connectivity index (χ4n) is 1.61. The van der Waals surface area contributed by atoms with Crippen LogP contribution in [0.5, 0.6) is 0 Å². The van der Waals surface area contributed by atoms with Gasteiger partial charge in [0.05, 0.1) is 0 Å². The number of urea groups is 1. The summed E-state index contributed by atoms with van der Waals surface area (Å²) in [5, 5.41) is 2.89. The Bertz CT molecular complexity index is 365. The molecule has 0 spiro atoms. The number of anilines is 1. The molecule has 1 rings (SSSR count). The lowest BCUT2D eigenvalue weighted by atomic mass is 10.2. The lowest BCUT2D eigenvalue weighted by Gasteiger charge is -2.21. The molecule has 0 saturated carbocycles. The van der Waals surface area contributed by atoms with Crippen molar-refractivity contribution in [2.45, 2.75) is 20.3 Å². The molecule has 0 radical (unpaired) electrons. The summed E-state index contributed by atoms with van der Waals surface area (Å²) in [4.78, 5) is 13.7.